The highest BCUT2D eigenvalue weighted by Crippen LogP contribution is 2.35. The lowest BCUT2D eigenvalue weighted by Gasteiger charge is -2.40. The lowest BCUT2D eigenvalue weighted by molar-refractivity contribution is -0.152. The van der Waals surface area contributed by atoms with Gasteiger partial charge >= 0.3 is 12.1 Å². The zero-order valence-corrected chi connectivity index (χ0v) is 14.5. The van der Waals surface area contributed by atoms with Gasteiger partial charge in [-0.15, -0.1) is 0 Å². The van der Waals surface area contributed by atoms with Gasteiger partial charge in [0.2, 0.25) is 0 Å². The van der Waals surface area contributed by atoms with Crippen molar-refractivity contribution in [1.82, 2.24) is 4.90 Å². The molecule has 1 aromatic rings. The summed E-state index contributed by atoms with van der Waals surface area (Å²) in [6, 6.07) is 7.24. The molecule has 0 spiro atoms. The van der Waals surface area contributed by atoms with Gasteiger partial charge in [0.25, 0.3) is 0 Å². The molecule has 0 aliphatic carbocycles. The standard InChI is InChI=1S/C18H26N2O4/c1-17(2,3)24-16(23)20-9-5-8-18(12-20,15(21)22)11-13-6-4-7-14(19)10-13/h4,6-7,10H,5,8-9,11-12,19H2,1-3H3,(H,21,22). The van der Waals surface area contributed by atoms with E-state index < -0.39 is 23.1 Å². The number of ether oxygens (including phenoxy) is 1. The van der Waals surface area contributed by atoms with E-state index in [4.69, 9.17) is 10.5 Å². The largest absolute Gasteiger partial charge is 0.481 e. The van der Waals surface area contributed by atoms with E-state index in [1.54, 1.807) is 32.9 Å². The Hall–Kier alpha value is -2.24. The van der Waals surface area contributed by atoms with Gasteiger partial charge in [-0.25, -0.2) is 4.79 Å². The lowest BCUT2D eigenvalue weighted by atomic mass is 9.75. The molecule has 1 aromatic carbocycles. The molecule has 1 amide bonds. The number of amides is 1. The Morgan fingerprint density at radius 1 is 1.38 bits per heavy atom. The number of carbonyl (C=O) groups is 2. The van der Waals surface area contributed by atoms with E-state index in [0.717, 1.165) is 5.56 Å². The molecule has 2 rings (SSSR count). The highest BCUT2D eigenvalue weighted by molar-refractivity contribution is 5.77. The van der Waals surface area contributed by atoms with Crippen molar-refractivity contribution in [1.29, 1.82) is 0 Å². The van der Waals surface area contributed by atoms with Crippen LogP contribution in [0.25, 0.3) is 0 Å². The Morgan fingerprint density at radius 3 is 2.67 bits per heavy atom. The molecule has 1 heterocycles. The van der Waals surface area contributed by atoms with Crippen molar-refractivity contribution in [3.63, 3.8) is 0 Å². The summed E-state index contributed by atoms with van der Waals surface area (Å²) in [7, 11) is 0. The summed E-state index contributed by atoms with van der Waals surface area (Å²) in [4.78, 5) is 25.8. The van der Waals surface area contributed by atoms with Crippen molar-refractivity contribution in [2.45, 2.75) is 45.6 Å². The van der Waals surface area contributed by atoms with Gasteiger partial charge in [-0.2, -0.15) is 0 Å². The van der Waals surface area contributed by atoms with Gasteiger partial charge in [0.05, 0.1) is 5.41 Å². The van der Waals surface area contributed by atoms with E-state index in [-0.39, 0.29) is 6.54 Å². The molecule has 0 bridgehead atoms. The fourth-order valence-corrected chi connectivity index (χ4v) is 3.10. The minimum absolute atomic E-state index is 0.145. The summed E-state index contributed by atoms with van der Waals surface area (Å²) in [6.45, 7) is 6.05. The molecule has 6 heteroatoms. The van der Waals surface area contributed by atoms with E-state index in [9.17, 15) is 14.7 Å². The number of aliphatic carboxylic acids is 1. The Kier molecular flexibility index (Phi) is 5.06. The van der Waals surface area contributed by atoms with Crippen LogP contribution in [-0.2, 0) is 16.0 Å². The van der Waals surface area contributed by atoms with Crippen molar-refractivity contribution in [3.05, 3.63) is 29.8 Å². The van der Waals surface area contributed by atoms with Crippen molar-refractivity contribution in [2.24, 2.45) is 5.41 Å². The number of carbonyl (C=O) groups excluding carboxylic acids is 1. The maximum atomic E-state index is 12.3. The molecule has 1 fully saturated rings. The van der Waals surface area contributed by atoms with Crippen LogP contribution in [-0.4, -0.2) is 40.8 Å². The van der Waals surface area contributed by atoms with E-state index >= 15 is 0 Å². The third-order valence-corrected chi connectivity index (χ3v) is 4.18. The zero-order chi connectivity index (χ0) is 18.0. The topological polar surface area (TPSA) is 92.9 Å². The number of likely N-dealkylation sites (tertiary alicyclic amines) is 1. The molecule has 1 aliphatic heterocycles. The fraction of sp³-hybridized carbons (Fsp3) is 0.556. The highest BCUT2D eigenvalue weighted by Gasteiger charge is 2.44. The van der Waals surface area contributed by atoms with Crippen molar-refractivity contribution >= 4 is 17.7 Å². The van der Waals surface area contributed by atoms with Gasteiger partial charge in [0.1, 0.15) is 5.60 Å². The first-order chi connectivity index (χ1) is 11.1. The lowest BCUT2D eigenvalue weighted by Crippen LogP contribution is -2.52. The molecule has 0 saturated carbocycles. The van der Waals surface area contributed by atoms with Crippen LogP contribution in [0.15, 0.2) is 24.3 Å². The molecule has 6 nitrogen and oxygen atoms in total. The predicted octanol–water partition coefficient (Wildman–Crippen LogP) is 2.91. The summed E-state index contributed by atoms with van der Waals surface area (Å²) in [5.74, 6) is -0.891. The second-order valence-corrected chi connectivity index (χ2v) is 7.51. The average molecular weight is 334 g/mol. The van der Waals surface area contributed by atoms with Crippen LogP contribution in [0.1, 0.15) is 39.2 Å². The number of carboxylic acid groups (broad SMARTS) is 1. The molecule has 1 aliphatic rings. The second kappa shape index (κ2) is 6.71. The average Bonchev–Trinajstić information content (AvgIpc) is 2.45. The summed E-state index contributed by atoms with van der Waals surface area (Å²) < 4.78 is 5.39. The monoisotopic (exact) mass is 334 g/mol. The van der Waals surface area contributed by atoms with Crippen LogP contribution in [0.4, 0.5) is 10.5 Å². The minimum Gasteiger partial charge on any atom is -0.481 e. The molecular formula is C18H26N2O4. The number of nitrogen functional groups attached to an aromatic ring is 1. The van der Waals surface area contributed by atoms with Gasteiger partial charge in [-0.1, -0.05) is 12.1 Å². The first-order valence-corrected chi connectivity index (χ1v) is 8.17. The zero-order valence-electron chi connectivity index (χ0n) is 14.5. The Labute approximate surface area is 142 Å². The summed E-state index contributed by atoms with van der Waals surface area (Å²) in [6.07, 6.45) is 1.04. The molecular weight excluding hydrogens is 308 g/mol. The molecule has 132 valence electrons. The Morgan fingerprint density at radius 2 is 2.08 bits per heavy atom. The molecule has 3 N–H and O–H groups in total. The number of piperidine rings is 1. The number of anilines is 1. The maximum Gasteiger partial charge on any atom is 0.410 e. The van der Waals surface area contributed by atoms with Crippen LogP contribution in [0.5, 0.6) is 0 Å². The maximum absolute atomic E-state index is 12.3. The van der Waals surface area contributed by atoms with Crippen LogP contribution >= 0.6 is 0 Å². The summed E-state index contributed by atoms with van der Waals surface area (Å²) in [5.41, 5.74) is 5.65. The number of hydrogen-bond acceptors (Lipinski definition) is 4. The SMILES string of the molecule is CC(C)(C)OC(=O)N1CCCC(Cc2cccc(N)c2)(C(=O)O)C1. The molecule has 0 radical (unpaired) electrons. The van der Waals surface area contributed by atoms with Gasteiger partial charge in [-0.05, 0) is 57.7 Å². The second-order valence-electron chi connectivity index (χ2n) is 7.51. The summed E-state index contributed by atoms with van der Waals surface area (Å²) in [5, 5.41) is 9.84. The third kappa shape index (κ3) is 4.40. The molecule has 1 unspecified atom stereocenters. The first-order valence-electron chi connectivity index (χ1n) is 8.17. The normalized spacial score (nSPS) is 21.4. The summed E-state index contributed by atoms with van der Waals surface area (Å²) >= 11 is 0. The van der Waals surface area contributed by atoms with Gasteiger partial charge in [-0.3, -0.25) is 4.79 Å². The van der Waals surface area contributed by atoms with Crippen LogP contribution in [0, 0.1) is 5.41 Å². The minimum atomic E-state index is -1.01. The van der Waals surface area contributed by atoms with E-state index in [2.05, 4.69) is 0 Å². The van der Waals surface area contributed by atoms with Gasteiger partial charge < -0.3 is 20.5 Å². The Bertz CT molecular complexity index is 624. The molecule has 24 heavy (non-hydrogen) atoms. The number of nitrogens with zero attached hydrogens (tertiary/aromatic N) is 1. The van der Waals surface area contributed by atoms with Gasteiger partial charge in [0.15, 0.2) is 0 Å². The number of benzene rings is 1. The molecule has 0 aromatic heterocycles. The Balaban J connectivity index is 2.19. The molecule has 1 saturated heterocycles. The van der Waals surface area contributed by atoms with Crippen LogP contribution in [0.3, 0.4) is 0 Å². The van der Waals surface area contributed by atoms with Gasteiger partial charge in [0, 0.05) is 18.8 Å². The number of nitrogens with two attached hydrogens (primary N) is 1. The van der Waals surface area contributed by atoms with E-state index in [1.165, 1.54) is 4.90 Å². The first kappa shape index (κ1) is 18.1. The third-order valence-electron chi connectivity index (χ3n) is 4.18. The number of rotatable bonds is 3. The predicted molar refractivity (Wildman–Crippen MR) is 91.7 cm³/mol. The molecule has 1 atom stereocenters. The quantitative estimate of drug-likeness (QED) is 0.829. The van der Waals surface area contributed by atoms with E-state index in [0.29, 0.717) is 31.5 Å². The number of hydrogen-bond donors (Lipinski definition) is 2. The van der Waals surface area contributed by atoms with Crippen LogP contribution in [0.2, 0.25) is 0 Å². The highest BCUT2D eigenvalue weighted by atomic mass is 16.6. The smallest absolute Gasteiger partial charge is 0.410 e. The number of carboxylic acids is 1. The van der Waals surface area contributed by atoms with Crippen LogP contribution < -0.4 is 5.73 Å². The van der Waals surface area contributed by atoms with E-state index in [1.807, 2.05) is 12.1 Å². The van der Waals surface area contributed by atoms with Crippen molar-refractivity contribution in [2.75, 3.05) is 18.8 Å². The van der Waals surface area contributed by atoms with Crippen molar-refractivity contribution < 1.29 is 19.4 Å². The fourth-order valence-electron chi connectivity index (χ4n) is 3.10. The van der Waals surface area contributed by atoms with Crippen molar-refractivity contribution in [3.8, 4) is 0 Å².